The summed E-state index contributed by atoms with van der Waals surface area (Å²) in [5, 5.41) is 16.3. The summed E-state index contributed by atoms with van der Waals surface area (Å²) in [5.41, 5.74) is 1.13. The Morgan fingerprint density at radius 1 is 1.25 bits per heavy atom. The SMILES string of the molecule is COCc1nnc(CCNC(=O)c2cc(-c3ccccc3)on2)s1. The molecule has 1 aromatic carbocycles. The molecule has 1 amide bonds. The van der Waals surface area contributed by atoms with Gasteiger partial charge in [0.15, 0.2) is 11.5 Å². The van der Waals surface area contributed by atoms with Gasteiger partial charge in [-0.05, 0) is 0 Å². The van der Waals surface area contributed by atoms with Gasteiger partial charge in [0.25, 0.3) is 5.91 Å². The van der Waals surface area contributed by atoms with Gasteiger partial charge in [0.2, 0.25) is 0 Å². The minimum atomic E-state index is -0.275. The predicted molar refractivity (Wildman–Crippen MR) is 88.6 cm³/mol. The van der Waals surface area contributed by atoms with E-state index in [0.717, 1.165) is 15.6 Å². The fraction of sp³-hybridized carbons (Fsp3) is 0.250. The highest BCUT2D eigenvalue weighted by atomic mass is 32.1. The van der Waals surface area contributed by atoms with Gasteiger partial charge in [0.05, 0.1) is 6.61 Å². The van der Waals surface area contributed by atoms with Gasteiger partial charge in [0.1, 0.15) is 10.0 Å². The first kappa shape index (κ1) is 16.3. The van der Waals surface area contributed by atoms with Crippen LogP contribution in [0, 0.1) is 0 Å². The fourth-order valence-corrected chi connectivity index (χ4v) is 2.88. The van der Waals surface area contributed by atoms with Crippen LogP contribution < -0.4 is 5.32 Å². The average molecular weight is 344 g/mol. The number of ether oxygens (including phenoxy) is 1. The van der Waals surface area contributed by atoms with Crippen molar-refractivity contribution in [3.8, 4) is 11.3 Å². The molecule has 2 aromatic heterocycles. The number of hydrogen-bond acceptors (Lipinski definition) is 7. The molecule has 0 radical (unpaired) electrons. The maximum atomic E-state index is 12.1. The maximum absolute atomic E-state index is 12.1. The van der Waals surface area contributed by atoms with Crippen molar-refractivity contribution in [1.82, 2.24) is 20.7 Å². The summed E-state index contributed by atoms with van der Waals surface area (Å²) in [5.74, 6) is 0.289. The Morgan fingerprint density at radius 2 is 2.04 bits per heavy atom. The molecule has 0 atom stereocenters. The molecule has 8 heteroatoms. The zero-order valence-electron chi connectivity index (χ0n) is 13.1. The van der Waals surface area contributed by atoms with E-state index in [2.05, 4.69) is 20.7 Å². The maximum Gasteiger partial charge on any atom is 0.273 e. The van der Waals surface area contributed by atoms with E-state index >= 15 is 0 Å². The number of rotatable bonds is 7. The van der Waals surface area contributed by atoms with Crippen molar-refractivity contribution in [3.05, 3.63) is 52.1 Å². The molecule has 0 fully saturated rings. The van der Waals surface area contributed by atoms with Crippen LogP contribution >= 0.6 is 11.3 Å². The number of carbonyl (C=O) groups is 1. The van der Waals surface area contributed by atoms with Crippen LogP contribution in [0.3, 0.4) is 0 Å². The van der Waals surface area contributed by atoms with Crippen molar-refractivity contribution < 1.29 is 14.1 Å². The van der Waals surface area contributed by atoms with Crippen LogP contribution in [0.15, 0.2) is 40.9 Å². The van der Waals surface area contributed by atoms with Crippen LogP contribution in [0.5, 0.6) is 0 Å². The third-order valence-corrected chi connectivity index (χ3v) is 4.16. The van der Waals surface area contributed by atoms with E-state index < -0.39 is 0 Å². The van der Waals surface area contributed by atoms with Gasteiger partial charge in [-0.3, -0.25) is 4.79 Å². The lowest BCUT2D eigenvalue weighted by Gasteiger charge is -1.99. The first-order valence-corrected chi connectivity index (χ1v) is 8.18. The smallest absolute Gasteiger partial charge is 0.273 e. The lowest BCUT2D eigenvalue weighted by Crippen LogP contribution is -2.25. The molecule has 124 valence electrons. The van der Waals surface area contributed by atoms with Crippen molar-refractivity contribution in [2.24, 2.45) is 0 Å². The minimum Gasteiger partial charge on any atom is -0.377 e. The third-order valence-electron chi connectivity index (χ3n) is 3.20. The monoisotopic (exact) mass is 344 g/mol. The van der Waals surface area contributed by atoms with Crippen molar-refractivity contribution in [2.45, 2.75) is 13.0 Å². The van der Waals surface area contributed by atoms with Crippen LogP contribution in [0.25, 0.3) is 11.3 Å². The van der Waals surface area contributed by atoms with Crippen molar-refractivity contribution in [2.75, 3.05) is 13.7 Å². The van der Waals surface area contributed by atoms with Crippen LogP contribution in [0.1, 0.15) is 20.5 Å². The second kappa shape index (κ2) is 7.80. The molecule has 0 unspecified atom stereocenters. The summed E-state index contributed by atoms with van der Waals surface area (Å²) in [4.78, 5) is 12.1. The van der Waals surface area contributed by atoms with Gasteiger partial charge < -0.3 is 14.6 Å². The van der Waals surface area contributed by atoms with Gasteiger partial charge in [-0.2, -0.15) is 0 Å². The Labute approximate surface area is 142 Å². The van der Waals surface area contributed by atoms with Crippen LogP contribution in [0.2, 0.25) is 0 Å². The van der Waals surface area contributed by atoms with E-state index in [0.29, 0.717) is 25.3 Å². The molecule has 0 bridgehead atoms. The largest absolute Gasteiger partial charge is 0.377 e. The van der Waals surface area contributed by atoms with E-state index in [9.17, 15) is 4.79 Å². The number of amides is 1. The predicted octanol–water partition coefficient (Wildman–Crippen LogP) is 2.31. The molecule has 2 heterocycles. The normalized spacial score (nSPS) is 10.7. The van der Waals surface area contributed by atoms with E-state index in [1.165, 1.54) is 11.3 Å². The van der Waals surface area contributed by atoms with E-state index in [4.69, 9.17) is 9.26 Å². The Kier molecular flexibility index (Phi) is 5.29. The highest BCUT2D eigenvalue weighted by Crippen LogP contribution is 2.19. The lowest BCUT2D eigenvalue weighted by molar-refractivity contribution is 0.0945. The molecule has 24 heavy (non-hydrogen) atoms. The van der Waals surface area contributed by atoms with Crippen molar-refractivity contribution >= 4 is 17.2 Å². The third kappa shape index (κ3) is 4.03. The average Bonchev–Trinajstić information content (AvgIpc) is 3.26. The second-order valence-electron chi connectivity index (χ2n) is 4.97. The molecule has 0 saturated carbocycles. The fourth-order valence-electron chi connectivity index (χ4n) is 2.07. The molecule has 3 rings (SSSR count). The summed E-state index contributed by atoms with van der Waals surface area (Å²) in [6.45, 7) is 0.902. The van der Waals surface area contributed by atoms with E-state index in [-0.39, 0.29) is 11.6 Å². The zero-order chi connectivity index (χ0) is 16.8. The number of hydrogen-bond donors (Lipinski definition) is 1. The lowest BCUT2D eigenvalue weighted by atomic mass is 10.1. The molecular formula is C16H16N4O3S. The number of methoxy groups -OCH3 is 1. The van der Waals surface area contributed by atoms with Gasteiger partial charge >= 0.3 is 0 Å². The van der Waals surface area contributed by atoms with Crippen LogP contribution in [-0.4, -0.2) is 34.9 Å². The quantitative estimate of drug-likeness (QED) is 0.707. The molecule has 1 N–H and O–H groups in total. The van der Waals surface area contributed by atoms with Gasteiger partial charge in [-0.1, -0.05) is 46.8 Å². The summed E-state index contributed by atoms with van der Waals surface area (Å²) in [6, 6.07) is 11.1. The minimum absolute atomic E-state index is 0.256. The van der Waals surface area contributed by atoms with E-state index in [1.807, 2.05) is 30.3 Å². The Hall–Kier alpha value is -2.58. The second-order valence-corrected chi connectivity index (χ2v) is 6.12. The Morgan fingerprint density at radius 3 is 2.83 bits per heavy atom. The summed E-state index contributed by atoms with van der Waals surface area (Å²) in [7, 11) is 1.61. The standard InChI is InChI=1S/C16H16N4O3S/c1-22-10-15-19-18-14(24-15)7-8-17-16(21)12-9-13(23-20-12)11-5-3-2-4-6-11/h2-6,9H,7-8,10H2,1H3,(H,17,21). The van der Waals surface area contributed by atoms with Crippen molar-refractivity contribution in [3.63, 3.8) is 0 Å². The number of nitrogens with zero attached hydrogens (tertiary/aromatic N) is 3. The van der Waals surface area contributed by atoms with Crippen molar-refractivity contribution in [1.29, 1.82) is 0 Å². The van der Waals surface area contributed by atoms with Gasteiger partial charge in [-0.25, -0.2) is 0 Å². The Bertz CT molecular complexity index is 801. The topological polar surface area (TPSA) is 90.1 Å². The van der Waals surface area contributed by atoms with Crippen LogP contribution in [-0.2, 0) is 17.8 Å². The zero-order valence-corrected chi connectivity index (χ0v) is 13.9. The number of benzene rings is 1. The molecule has 0 spiro atoms. The van der Waals surface area contributed by atoms with Crippen LogP contribution in [0.4, 0.5) is 0 Å². The molecular weight excluding hydrogens is 328 g/mol. The first-order chi connectivity index (χ1) is 11.8. The molecule has 0 aliphatic carbocycles. The molecule has 3 aromatic rings. The summed E-state index contributed by atoms with van der Waals surface area (Å²) in [6.07, 6.45) is 0.608. The van der Waals surface area contributed by atoms with E-state index in [1.54, 1.807) is 13.2 Å². The molecule has 0 aliphatic rings. The molecule has 0 saturated heterocycles. The summed E-state index contributed by atoms with van der Waals surface area (Å²) >= 11 is 1.47. The number of aromatic nitrogens is 3. The summed E-state index contributed by atoms with van der Waals surface area (Å²) < 4.78 is 10.2. The number of carbonyl (C=O) groups excluding carboxylic acids is 1. The highest BCUT2D eigenvalue weighted by molar-refractivity contribution is 7.11. The highest BCUT2D eigenvalue weighted by Gasteiger charge is 2.13. The molecule has 0 aliphatic heterocycles. The first-order valence-electron chi connectivity index (χ1n) is 7.37. The molecule has 7 nitrogen and oxygen atoms in total. The van der Waals surface area contributed by atoms with Gasteiger partial charge in [0, 0.05) is 31.7 Å². The Balaban J connectivity index is 1.53. The number of nitrogens with one attached hydrogen (secondary N) is 1. The van der Waals surface area contributed by atoms with Gasteiger partial charge in [-0.15, -0.1) is 10.2 Å².